The zero-order valence-electron chi connectivity index (χ0n) is 10.1. The predicted molar refractivity (Wildman–Crippen MR) is 68.4 cm³/mol. The van der Waals surface area contributed by atoms with Crippen LogP contribution >= 0.6 is 12.6 Å². The molecule has 0 spiro atoms. The van der Waals surface area contributed by atoms with E-state index in [0.29, 0.717) is 24.3 Å². The Morgan fingerprint density at radius 2 is 2.17 bits per heavy atom. The predicted octanol–water partition coefficient (Wildman–Crippen LogP) is 2.80. The SMILES string of the molecule is CC(c1ccc(F)c(F)c1)N1CC(CS)CC1=O. The summed E-state index contributed by atoms with van der Waals surface area (Å²) in [6.45, 7) is 2.45. The van der Waals surface area contributed by atoms with Crippen molar-refractivity contribution in [3.8, 4) is 0 Å². The molecule has 0 aromatic heterocycles. The molecule has 2 unspecified atom stereocenters. The van der Waals surface area contributed by atoms with E-state index in [4.69, 9.17) is 0 Å². The standard InChI is InChI=1S/C13H15F2NOS/c1-8(10-2-3-11(14)12(15)5-10)16-6-9(7-18)4-13(16)17/h2-3,5,8-9,18H,4,6-7H2,1H3. The Bertz CT molecular complexity index is 466. The highest BCUT2D eigenvalue weighted by atomic mass is 32.1. The van der Waals surface area contributed by atoms with Crippen molar-refractivity contribution in [3.05, 3.63) is 35.4 Å². The van der Waals surface area contributed by atoms with Gasteiger partial charge in [0.25, 0.3) is 0 Å². The largest absolute Gasteiger partial charge is 0.336 e. The van der Waals surface area contributed by atoms with Crippen molar-refractivity contribution >= 4 is 18.5 Å². The quantitative estimate of drug-likeness (QED) is 0.838. The van der Waals surface area contributed by atoms with Crippen LogP contribution in [0.4, 0.5) is 8.78 Å². The van der Waals surface area contributed by atoms with Gasteiger partial charge in [-0.15, -0.1) is 0 Å². The van der Waals surface area contributed by atoms with Gasteiger partial charge in [0.15, 0.2) is 11.6 Å². The highest BCUT2D eigenvalue weighted by molar-refractivity contribution is 7.80. The van der Waals surface area contributed by atoms with Crippen LogP contribution in [0.2, 0.25) is 0 Å². The first-order valence-electron chi connectivity index (χ1n) is 5.88. The van der Waals surface area contributed by atoms with E-state index >= 15 is 0 Å². The van der Waals surface area contributed by atoms with E-state index in [0.717, 1.165) is 12.1 Å². The molecule has 1 aliphatic heterocycles. The van der Waals surface area contributed by atoms with Gasteiger partial charge in [0.1, 0.15) is 0 Å². The zero-order chi connectivity index (χ0) is 13.3. The second kappa shape index (κ2) is 5.26. The van der Waals surface area contributed by atoms with Gasteiger partial charge in [-0.25, -0.2) is 8.78 Å². The first-order valence-corrected chi connectivity index (χ1v) is 6.51. The van der Waals surface area contributed by atoms with Gasteiger partial charge in [0.2, 0.25) is 5.91 Å². The van der Waals surface area contributed by atoms with Gasteiger partial charge in [-0.2, -0.15) is 12.6 Å². The summed E-state index contributed by atoms with van der Waals surface area (Å²) in [5, 5.41) is 0. The van der Waals surface area contributed by atoms with Gasteiger partial charge in [-0.05, 0) is 36.3 Å². The number of carbonyl (C=O) groups excluding carboxylic acids is 1. The summed E-state index contributed by atoms with van der Waals surface area (Å²) in [6.07, 6.45) is 0.484. The summed E-state index contributed by atoms with van der Waals surface area (Å²) in [4.78, 5) is 13.5. The summed E-state index contributed by atoms with van der Waals surface area (Å²) in [6, 6.07) is 3.53. The number of amides is 1. The summed E-state index contributed by atoms with van der Waals surface area (Å²) in [5.74, 6) is -0.796. The van der Waals surface area contributed by atoms with Crippen molar-refractivity contribution in [1.29, 1.82) is 0 Å². The minimum absolute atomic E-state index is 0.0475. The molecule has 1 amide bonds. The molecule has 1 fully saturated rings. The lowest BCUT2D eigenvalue weighted by molar-refractivity contribution is -0.129. The Morgan fingerprint density at radius 1 is 1.44 bits per heavy atom. The third-order valence-corrected chi connectivity index (χ3v) is 3.91. The number of hydrogen-bond acceptors (Lipinski definition) is 2. The van der Waals surface area contributed by atoms with Gasteiger partial charge in [-0.3, -0.25) is 4.79 Å². The summed E-state index contributed by atoms with van der Waals surface area (Å²) in [5.41, 5.74) is 0.613. The molecule has 98 valence electrons. The average molecular weight is 271 g/mol. The van der Waals surface area contributed by atoms with E-state index in [1.54, 1.807) is 4.90 Å². The van der Waals surface area contributed by atoms with Crippen molar-refractivity contribution in [2.45, 2.75) is 19.4 Å². The fourth-order valence-corrected chi connectivity index (χ4v) is 2.50. The van der Waals surface area contributed by atoms with Crippen molar-refractivity contribution in [2.75, 3.05) is 12.3 Å². The number of hydrogen-bond donors (Lipinski definition) is 1. The number of benzene rings is 1. The van der Waals surface area contributed by atoms with E-state index in [1.807, 2.05) is 6.92 Å². The molecule has 0 N–H and O–H groups in total. The molecule has 0 bridgehead atoms. The highest BCUT2D eigenvalue weighted by Crippen LogP contribution is 2.29. The second-order valence-corrected chi connectivity index (χ2v) is 5.01. The van der Waals surface area contributed by atoms with Gasteiger partial charge >= 0.3 is 0 Å². The van der Waals surface area contributed by atoms with Gasteiger partial charge in [0.05, 0.1) is 6.04 Å². The van der Waals surface area contributed by atoms with Crippen LogP contribution in [-0.4, -0.2) is 23.1 Å². The molecule has 1 aliphatic rings. The van der Waals surface area contributed by atoms with Gasteiger partial charge < -0.3 is 4.90 Å². The molecule has 2 nitrogen and oxygen atoms in total. The molecular weight excluding hydrogens is 256 g/mol. The Labute approximate surface area is 110 Å². The number of nitrogens with zero attached hydrogens (tertiary/aromatic N) is 1. The Hall–Kier alpha value is -1.10. The van der Waals surface area contributed by atoms with Crippen LogP contribution in [-0.2, 0) is 4.79 Å². The van der Waals surface area contributed by atoms with Crippen LogP contribution in [0.1, 0.15) is 24.9 Å². The average Bonchev–Trinajstić information content (AvgIpc) is 2.73. The van der Waals surface area contributed by atoms with E-state index in [9.17, 15) is 13.6 Å². The van der Waals surface area contributed by atoms with Crippen LogP contribution in [0.3, 0.4) is 0 Å². The molecule has 2 rings (SSSR count). The Balaban J connectivity index is 2.18. The van der Waals surface area contributed by atoms with Crippen molar-refractivity contribution < 1.29 is 13.6 Å². The monoisotopic (exact) mass is 271 g/mol. The third-order valence-electron chi connectivity index (χ3n) is 3.39. The second-order valence-electron chi connectivity index (χ2n) is 4.65. The van der Waals surface area contributed by atoms with E-state index < -0.39 is 11.6 Å². The summed E-state index contributed by atoms with van der Waals surface area (Å²) < 4.78 is 26.0. The van der Waals surface area contributed by atoms with E-state index in [2.05, 4.69) is 12.6 Å². The first-order chi connectivity index (χ1) is 8.52. The van der Waals surface area contributed by atoms with Gasteiger partial charge in [-0.1, -0.05) is 6.07 Å². The van der Waals surface area contributed by atoms with Crippen molar-refractivity contribution in [2.24, 2.45) is 5.92 Å². The van der Waals surface area contributed by atoms with Crippen LogP contribution in [0.25, 0.3) is 0 Å². The molecule has 0 saturated carbocycles. The fourth-order valence-electron chi connectivity index (χ4n) is 2.26. The molecule has 2 atom stereocenters. The van der Waals surface area contributed by atoms with Crippen LogP contribution in [0.5, 0.6) is 0 Å². The Morgan fingerprint density at radius 3 is 2.72 bits per heavy atom. The number of thiol groups is 1. The fraction of sp³-hybridized carbons (Fsp3) is 0.462. The van der Waals surface area contributed by atoms with E-state index in [-0.39, 0.29) is 17.9 Å². The normalized spacial score (nSPS) is 21.4. The molecule has 5 heteroatoms. The van der Waals surface area contributed by atoms with Crippen molar-refractivity contribution in [1.82, 2.24) is 4.90 Å². The summed E-state index contributed by atoms with van der Waals surface area (Å²) >= 11 is 4.19. The number of carbonyl (C=O) groups is 1. The Kier molecular flexibility index (Phi) is 3.90. The highest BCUT2D eigenvalue weighted by Gasteiger charge is 2.32. The minimum atomic E-state index is -0.878. The molecule has 1 saturated heterocycles. The number of likely N-dealkylation sites (tertiary alicyclic amines) is 1. The lowest BCUT2D eigenvalue weighted by atomic mass is 10.1. The molecule has 1 aromatic carbocycles. The van der Waals surface area contributed by atoms with Crippen LogP contribution in [0.15, 0.2) is 18.2 Å². The zero-order valence-corrected chi connectivity index (χ0v) is 11.0. The number of rotatable bonds is 3. The number of halogens is 2. The maximum absolute atomic E-state index is 13.2. The molecule has 0 radical (unpaired) electrons. The third kappa shape index (κ3) is 2.51. The molecule has 0 aliphatic carbocycles. The molecular formula is C13H15F2NOS. The van der Waals surface area contributed by atoms with Crippen LogP contribution in [0, 0.1) is 17.6 Å². The molecule has 1 heterocycles. The molecule has 18 heavy (non-hydrogen) atoms. The van der Waals surface area contributed by atoms with Gasteiger partial charge in [0, 0.05) is 13.0 Å². The maximum atomic E-state index is 13.2. The van der Waals surface area contributed by atoms with Crippen LogP contribution < -0.4 is 0 Å². The first kappa shape index (κ1) is 13.3. The smallest absolute Gasteiger partial charge is 0.223 e. The minimum Gasteiger partial charge on any atom is -0.336 e. The lowest BCUT2D eigenvalue weighted by Crippen LogP contribution is -2.28. The van der Waals surface area contributed by atoms with Crippen molar-refractivity contribution in [3.63, 3.8) is 0 Å². The maximum Gasteiger partial charge on any atom is 0.223 e. The van der Waals surface area contributed by atoms with E-state index in [1.165, 1.54) is 6.07 Å². The lowest BCUT2D eigenvalue weighted by Gasteiger charge is -2.25. The molecule has 1 aromatic rings. The summed E-state index contributed by atoms with van der Waals surface area (Å²) in [7, 11) is 0. The topological polar surface area (TPSA) is 20.3 Å².